The summed E-state index contributed by atoms with van der Waals surface area (Å²) in [5.74, 6) is -1.99. The van der Waals surface area contributed by atoms with Gasteiger partial charge in [-0.3, -0.25) is 14.4 Å². The molecule has 0 fully saturated rings. The first-order valence-corrected chi connectivity index (χ1v) is 11.6. The smallest absolute Gasteiger partial charge is 0.408 e. The van der Waals surface area contributed by atoms with Crippen LogP contribution in [0, 0.1) is 11.8 Å². The van der Waals surface area contributed by atoms with Crippen LogP contribution in [0.15, 0.2) is 40.9 Å². The molecule has 0 aliphatic carbocycles. The van der Waals surface area contributed by atoms with E-state index in [1.807, 2.05) is 36.4 Å². The van der Waals surface area contributed by atoms with Gasteiger partial charge in [0.25, 0.3) is 5.91 Å². The third-order valence-corrected chi connectivity index (χ3v) is 5.79. The Morgan fingerprint density at radius 1 is 1.21 bits per heavy atom. The van der Waals surface area contributed by atoms with Gasteiger partial charge in [0, 0.05) is 31.4 Å². The highest BCUT2D eigenvalue weighted by Crippen LogP contribution is 2.20. The topological polar surface area (TPSA) is 128 Å². The number of rotatable bonds is 7. The Morgan fingerprint density at radius 3 is 2.71 bits per heavy atom. The van der Waals surface area contributed by atoms with Crippen LogP contribution in [0.5, 0.6) is 0 Å². The Hall–Kier alpha value is -3.49. The summed E-state index contributed by atoms with van der Waals surface area (Å²) >= 11 is 0. The van der Waals surface area contributed by atoms with Crippen molar-refractivity contribution in [2.45, 2.75) is 58.6 Å². The van der Waals surface area contributed by atoms with Gasteiger partial charge in [0.2, 0.25) is 5.78 Å². The fraction of sp³-hybridized carbons (Fsp3) is 0.480. The van der Waals surface area contributed by atoms with Crippen molar-refractivity contribution in [1.29, 1.82) is 0 Å². The van der Waals surface area contributed by atoms with Gasteiger partial charge in [0.15, 0.2) is 5.78 Å². The van der Waals surface area contributed by atoms with Crippen LogP contribution in [0.1, 0.15) is 50.1 Å². The molecule has 2 N–H and O–H groups in total. The lowest BCUT2D eigenvalue weighted by Gasteiger charge is -2.23. The van der Waals surface area contributed by atoms with Gasteiger partial charge in [-0.05, 0) is 30.7 Å². The zero-order valence-electron chi connectivity index (χ0n) is 19.5. The maximum atomic E-state index is 13.1. The number of ketones is 2. The number of nitrogens with one attached hydrogen (secondary N) is 2. The minimum Gasteiger partial charge on any atom is -0.445 e. The van der Waals surface area contributed by atoms with Crippen LogP contribution in [0.4, 0.5) is 4.79 Å². The van der Waals surface area contributed by atoms with E-state index in [0.29, 0.717) is 31.4 Å². The Bertz CT molecular complexity index is 1000. The average molecular weight is 470 g/mol. The van der Waals surface area contributed by atoms with Crippen molar-refractivity contribution in [2.24, 2.45) is 11.8 Å². The molecule has 2 bridgehead atoms. The quantitative estimate of drug-likeness (QED) is 0.597. The number of aryl methyl sites for hydroxylation is 1. The van der Waals surface area contributed by atoms with E-state index < -0.39 is 29.7 Å². The standard InChI is InChI=1S/C25H31N3O6/c1-16(2)22(27-25(32)33-15-17-7-4-3-5-8-17)21(29)13-18-9-6-10-19-14-20(34-28-19)11-12-26-24(31)23(18)30/h3-5,7-8,14,16,18,22H,6,9-13,15H2,1-2H3,(H,26,31)(H,27,32). The van der Waals surface area contributed by atoms with Gasteiger partial charge in [-0.15, -0.1) is 0 Å². The van der Waals surface area contributed by atoms with E-state index in [-0.39, 0.29) is 31.3 Å². The van der Waals surface area contributed by atoms with Crippen molar-refractivity contribution in [3.63, 3.8) is 0 Å². The zero-order valence-corrected chi connectivity index (χ0v) is 19.5. The van der Waals surface area contributed by atoms with Crippen molar-refractivity contribution >= 4 is 23.6 Å². The van der Waals surface area contributed by atoms with E-state index in [4.69, 9.17) is 9.26 Å². The van der Waals surface area contributed by atoms with E-state index in [0.717, 1.165) is 11.3 Å². The summed E-state index contributed by atoms with van der Waals surface area (Å²) in [5.41, 5.74) is 1.61. The van der Waals surface area contributed by atoms with Crippen LogP contribution in [0.25, 0.3) is 0 Å². The molecule has 1 aromatic carbocycles. The van der Waals surface area contributed by atoms with Gasteiger partial charge in [0.05, 0.1) is 11.7 Å². The summed E-state index contributed by atoms with van der Waals surface area (Å²) in [4.78, 5) is 50.6. The molecule has 1 aromatic heterocycles. The lowest BCUT2D eigenvalue weighted by molar-refractivity contribution is -0.141. The fourth-order valence-electron chi connectivity index (χ4n) is 3.90. The first-order chi connectivity index (χ1) is 16.3. The lowest BCUT2D eigenvalue weighted by atomic mass is 9.87. The highest BCUT2D eigenvalue weighted by Gasteiger charge is 2.32. The zero-order chi connectivity index (χ0) is 24.5. The molecule has 2 unspecified atom stereocenters. The Kier molecular flexibility index (Phi) is 8.95. The largest absolute Gasteiger partial charge is 0.445 e. The number of benzene rings is 1. The van der Waals surface area contributed by atoms with E-state index >= 15 is 0 Å². The molecule has 182 valence electrons. The van der Waals surface area contributed by atoms with E-state index in [1.54, 1.807) is 13.8 Å². The van der Waals surface area contributed by atoms with Crippen LogP contribution in [-0.2, 0) is 38.6 Å². The van der Waals surface area contributed by atoms with Crippen molar-refractivity contribution in [3.05, 3.63) is 53.4 Å². The van der Waals surface area contributed by atoms with E-state index in [9.17, 15) is 19.2 Å². The third kappa shape index (κ3) is 7.26. The molecule has 9 heteroatoms. The number of aromatic nitrogens is 1. The molecule has 9 nitrogen and oxygen atoms in total. The molecule has 34 heavy (non-hydrogen) atoms. The Morgan fingerprint density at radius 2 is 1.97 bits per heavy atom. The highest BCUT2D eigenvalue weighted by atomic mass is 16.5. The second-order valence-electron chi connectivity index (χ2n) is 8.84. The van der Waals surface area contributed by atoms with E-state index in [1.165, 1.54) is 0 Å². The predicted octanol–water partition coefficient (Wildman–Crippen LogP) is 2.77. The van der Waals surface area contributed by atoms with Crippen molar-refractivity contribution < 1.29 is 28.4 Å². The molecule has 2 atom stereocenters. The maximum absolute atomic E-state index is 13.1. The maximum Gasteiger partial charge on any atom is 0.408 e. The number of alkyl carbamates (subject to hydrolysis) is 1. The monoisotopic (exact) mass is 469 g/mol. The number of carbonyl (C=O) groups excluding carboxylic acids is 4. The van der Waals surface area contributed by atoms with Crippen LogP contribution in [-0.4, -0.2) is 41.3 Å². The van der Waals surface area contributed by atoms with Crippen molar-refractivity contribution in [1.82, 2.24) is 15.8 Å². The van der Waals surface area contributed by atoms with Gasteiger partial charge in [0.1, 0.15) is 12.4 Å². The van der Waals surface area contributed by atoms with Crippen molar-refractivity contribution in [3.8, 4) is 0 Å². The van der Waals surface area contributed by atoms with Crippen LogP contribution >= 0.6 is 0 Å². The summed E-state index contributed by atoms with van der Waals surface area (Å²) in [6, 6.07) is 10.2. The summed E-state index contributed by atoms with van der Waals surface area (Å²) in [6.45, 7) is 3.93. The molecule has 3 rings (SSSR count). The second-order valence-corrected chi connectivity index (χ2v) is 8.84. The molecule has 0 saturated carbocycles. The van der Waals surface area contributed by atoms with Crippen LogP contribution in [0.3, 0.4) is 0 Å². The summed E-state index contributed by atoms with van der Waals surface area (Å²) < 4.78 is 10.5. The third-order valence-electron chi connectivity index (χ3n) is 5.79. The summed E-state index contributed by atoms with van der Waals surface area (Å²) in [6.07, 6.45) is 1.09. The number of fused-ring (bicyclic) bond motifs is 2. The molecular weight excluding hydrogens is 438 g/mol. The average Bonchev–Trinajstić information content (AvgIpc) is 3.27. The molecule has 1 aliphatic rings. The van der Waals surface area contributed by atoms with Gasteiger partial charge in [-0.25, -0.2) is 4.79 Å². The first-order valence-electron chi connectivity index (χ1n) is 11.6. The SMILES string of the molecule is CC(C)C(NC(=O)OCc1ccccc1)C(=O)CC1CCCc2cc(on2)CCNC(=O)C1=O. The molecule has 2 heterocycles. The van der Waals surface area contributed by atoms with Crippen molar-refractivity contribution in [2.75, 3.05) is 6.54 Å². The highest BCUT2D eigenvalue weighted by molar-refractivity contribution is 6.37. The Labute approximate surface area is 198 Å². The van der Waals surface area contributed by atoms with Crippen LogP contribution < -0.4 is 10.6 Å². The molecule has 0 saturated heterocycles. The van der Waals surface area contributed by atoms with E-state index in [2.05, 4.69) is 15.8 Å². The molecule has 0 radical (unpaired) electrons. The second kappa shape index (κ2) is 12.1. The fourth-order valence-corrected chi connectivity index (χ4v) is 3.90. The number of ether oxygens (including phenoxy) is 1. The van der Waals surface area contributed by atoms with Gasteiger partial charge >= 0.3 is 6.09 Å². The predicted molar refractivity (Wildman–Crippen MR) is 123 cm³/mol. The number of carbonyl (C=O) groups is 4. The van der Waals surface area contributed by atoms with Gasteiger partial charge < -0.3 is 19.9 Å². The molecule has 2 amide bonds. The first kappa shape index (κ1) is 25.1. The number of hydrogen-bond acceptors (Lipinski definition) is 7. The minimum atomic E-state index is -0.835. The number of Topliss-reactive ketones (excluding diaryl/α,β-unsaturated/α-hetero) is 2. The normalized spacial score (nSPS) is 17.8. The van der Waals surface area contributed by atoms with Gasteiger partial charge in [-0.2, -0.15) is 0 Å². The molecule has 1 aliphatic heterocycles. The number of nitrogens with zero attached hydrogens (tertiary/aromatic N) is 1. The Balaban J connectivity index is 1.62. The summed E-state index contributed by atoms with van der Waals surface area (Å²) in [5, 5.41) is 9.23. The molecular formula is C25H31N3O6. The van der Waals surface area contributed by atoms with Gasteiger partial charge in [-0.1, -0.05) is 49.3 Å². The van der Waals surface area contributed by atoms with Crippen LogP contribution in [0.2, 0.25) is 0 Å². The number of hydrogen-bond donors (Lipinski definition) is 2. The molecule has 2 aromatic rings. The summed E-state index contributed by atoms with van der Waals surface area (Å²) in [7, 11) is 0. The minimum absolute atomic E-state index is 0.0801. The number of amides is 2. The molecule has 0 spiro atoms. The lowest BCUT2D eigenvalue weighted by Crippen LogP contribution is -2.46.